The van der Waals surface area contributed by atoms with Gasteiger partial charge in [0.15, 0.2) is 6.23 Å². The van der Waals surface area contributed by atoms with Gasteiger partial charge in [0, 0.05) is 11.8 Å². The Morgan fingerprint density at radius 2 is 2.18 bits per heavy atom. The number of aromatic amines is 1. The van der Waals surface area contributed by atoms with Gasteiger partial charge in [-0.3, -0.25) is 14.3 Å². The van der Waals surface area contributed by atoms with Crippen LogP contribution in [-0.4, -0.2) is 38.8 Å². The van der Waals surface area contributed by atoms with Crippen molar-refractivity contribution < 1.29 is 28.7 Å². The Hall–Kier alpha value is -1.00. The zero-order chi connectivity index (χ0) is 16.7. The quantitative estimate of drug-likeness (QED) is 0.446. The molecule has 0 unspecified atom stereocenters. The van der Waals surface area contributed by atoms with Gasteiger partial charge < -0.3 is 28.7 Å². The average Bonchev–Trinajstić information content (AvgIpc) is 2.68. The first kappa shape index (κ1) is 17.4. The highest BCUT2D eigenvalue weighted by atomic mass is 35.5. The summed E-state index contributed by atoms with van der Waals surface area (Å²) < 4.78 is 20.7. The van der Waals surface area contributed by atoms with Crippen LogP contribution in [0, 0.1) is 6.92 Å². The van der Waals surface area contributed by atoms with E-state index in [-0.39, 0.29) is 5.56 Å². The van der Waals surface area contributed by atoms with Gasteiger partial charge >= 0.3 is 5.69 Å². The number of ether oxygens (including phenoxy) is 1. The minimum absolute atomic E-state index is 0.213. The molecule has 1 aliphatic rings. The van der Waals surface area contributed by atoms with Crippen molar-refractivity contribution in [1.82, 2.24) is 9.55 Å². The van der Waals surface area contributed by atoms with E-state index in [0.29, 0.717) is 0 Å². The summed E-state index contributed by atoms with van der Waals surface area (Å²) in [5.74, 6) is 0. The lowest BCUT2D eigenvalue weighted by molar-refractivity contribution is -0.343. The molecule has 0 aliphatic carbocycles. The van der Waals surface area contributed by atoms with E-state index >= 15 is 0 Å². The van der Waals surface area contributed by atoms with E-state index in [1.807, 2.05) is 4.98 Å². The van der Waals surface area contributed by atoms with Gasteiger partial charge in [0.25, 0.3) is 5.56 Å². The summed E-state index contributed by atoms with van der Waals surface area (Å²) in [5, 5.41) is 8.77. The lowest BCUT2D eigenvalue weighted by Gasteiger charge is -2.30. The zero-order valence-electron chi connectivity index (χ0n) is 11.2. The predicted octanol–water partition coefficient (Wildman–Crippen LogP) is -2.44. The van der Waals surface area contributed by atoms with Gasteiger partial charge in [-0.1, -0.05) is 0 Å². The van der Waals surface area contributed by atoms with Crippen LogP contribution in [0.4, 0.5) is 0 Å². The van der Waals surface area contributed by atoms with Crippen molar-refractivity contribution in [2.24, 2.45) is 0 Å². The summed E-state index contributed by atoms with van der Waals surface area (Å²) in [5.41, 5.74) is -1.17. The number of nitrogens with one attached hydrogen (secondary N) is 1. The van der Waals surface area contributed by atoms with Crippen LogP contribution in [0.2, 0.25) is 0 Å². The molecule has 0 radical (unpaired) electrons. The summed E-state index contributed by atoms with van der Waals surface area (Å²) in [6, 6.07) is 0. The minimum Gasteiger partial charge on any atom is -0.790 e. The van der Waals surface area contributed by atoms with Crippen LogP contribution in [0.5, 0.6) is 0 Å². The highest BCUT2D eigenvalue weighted by molar-refractivity contribution is 7.43. The largest absolute Gasteiger partial charge is 0.790 e. The first-order valence-electron chi connectivity index (χ1n) is 6.06. The molecule has 0 aromatic carbocycles. The average molecular weight is 355 g/mol. The van der Waals surface area contributed by atoms with E-state index in [9.17, 15) is 29.0 Å². The number of aromatic nitrogens is 2. The number of hydrogen-bond donors (Lipinski definition) is 2. The molecule has 0 bridgehead atoms. The van der Waals surface area contributed by atoms with Crippen molar-refractivity contribution in [1.29, 1.82) is 0 Å². The molecule has 1 fully saturated rings. The molecule has 0 saturated carbocycles. The molecule has 12 heteroatoms. The molecule has 10 nitrogen and oxygen atoms in total. The highest BCUT2D eigenvalue weighted by Crippen LogP contribution is 2.35. The summed E-state index contributed by atoms with van der Waals surface area (Å²) in [7, 11) is -5.23. The van der Waals surface area contributed by atoms with E-state index < -0.39 is 49.5 Å². The fraction of sp³-hybridized carbons (Fsp3) is 0.600. The molecule has 2 heterocycles. The van der Waals surface area contributed by atoms with Gasteiger partial charge in [0.05, 0.1) is 14.4 Å². The molecule has 2 rings (SSSR count). The molecule has 1 aromatic heterocycles. The summed E-state index contributed by atoms with van der Waals surface area (Å²) >= 11 is 5.96. The van der Waals surface area contributed by atoms with Gasteiger partial charge in [0.2, 0.25) is 0 Å². The highest BCUT2D eigenvalue weighted by Gasteiger charge is 2.44. The smallest absolute Gasteiger partial charge is 0.330 e. The fourth-order valence-electron chi connectivity index (χ4n) is 2.01. The SMILES string of the molecule is Cc1cn([C@@H]2O[C@H](COP(=O)([O-])[O-])[C@@H](O)[C@H]2Cl)c(=O)[nH]c1=O. The molecular weight excluding hydrogens is 343 g/mol. The standard InChI is InChI=1S/C10H14ClN2O8P/c1-4-2-13(10(16)12-8(4)15)9-6(11)7(14)5(21-9)3-20-22(17,18)19/h2,5-7,9,14H,3H2,1H3,(H,12,15,16)(H2,17,18,19)/p-2/t5-,6-,7-,9-/m1/s1. The first-order valence-corrected chi connectivity index (χ1v) is 7.96. The van der Waals surface area contributed by atoms with E-state index in [0.717, 1.165) is 4.57 Å². The number of aliphatic hydroxyl groups is 1. The Bertz CT molecular complexity index is 712. The Kier molecular flexibility index (Phi) is 4.93. The van der Waals surface area contributed by atoms with Crippen molar-refractivity contribution in [2.45, 2.75) is 30.7 Å². The Morgan fingerprint density at radius 1 is 1.55 bits per heavy atom. The number of aryl methyl sites for hydroxylation is 1. The van der Waals surface area contributed by atoms with Gasteiger partial charge in [0.1, 0.15) is 17.6 Å². The number of phosphoric ester groups is 1. The molecule has 0 spiro atoms. The number of phosphoric acid groups is 1. The molecule has 1 saturated heterocycles. The number of H-pyrrole nitrogens is 1. The third kappa shape index (κ3) is 3.66. The second-order valence-corrected chi connectivity index (χ2v) is 6.38. The maximum atomic E-state index is 11.8. The second-order valence-electron chi connectivity index (χ2n) is 4.72. The molecule has 1 aromatic rings. The lowest BCUT2D eigenvalue weighted by atomic mass is 10.2. The van der Waals surface area contributed by atoms with Crippen LogP contribution in [0.25, 0.3) is 0 Å². The maximum absolute atomic E-state index is 11.8. The molecule has 2 N–H and O–H groups in total. The normalized spacial score (nSPS) is 29.0. The number of hydrogen-bond acceptors (Lipinski definition) is 8. The third-order valence-electron chi connectivity index (χ3n) is 3.11. The number of nitrogens with zero attached hydrogens (tertiary/aromatic N) is 1. The number of halogens is 1. The van der Waals surface area contributed by atoms with E-state index in [4.69, 9.17) is 16.3 Å². The van der Waals surface area contributed by atoms with Gasteiger partial charge in [-0.2, -0.15) is 0 Å². The van der Waals surface area contributed by atoms with E-state index in [1.54, 1.807) is 0 Å². The third-order valence-corrected chi connectivity index (χ3v) is 4.05. The van der Waals surface area contributed by atoms with Gasteiger partial charge in [-0.05, 0) is 6.92 Å². The van der Waals surface area contributed by atoms with Gasteiger partial charge in [-0.15, -0.1) is 11.6 Å². The molecule has 4 atom stereocenters. The molecule has 0 amide bonds. The fourth-order valence-corrected chi connectivity index (χ4v) is 2.68. The Morgan fingerprint density at radius 3 is 2.77 bits per heavy atom. The zero-order valence-corrected chi connectivity index (χ0v) is 12.8. The Balaban J connectivity index is 2.23. The van der Waals surface area contributed by atoms with Crippen LogP contribution in [-0.2, 0) is 13.8 Å². The molecular formula is C10H12ClN2O8P-2. The molecule has 22 heavy (non-hydrogen) atoms. The molecule has 124 valence electrons. The number of alkyl halides is 1. The Labute approximate surface area is 128 Å². The van der Waals surface area contributed by atoms with Crippen LogP contribution in [0.1, 0.15) is 11.8 Å². The van der Waals surface area contributed by atoms with Crippen molar-refractivity contribution in [3.8, 4) is 0 Å². The second kappa shape index (κ2) is 6.25. The van der Waals surface area contributed by atoms with E-state index in [1.165, 1.54) is 13.1 Å². The number of rotatable bonds is 4. The summed E-state index contributed by atoms with van der Waals surface area (Å²) in [6.07, 6.45) is -2.56. The van der Waals surface area contributed by atoms with Crippen LogP contribution in [0.15, 0.2) is 15.8 Å². The van der Waals surface area contributed by atoms with Crippen molar-refractivity contribution in [3.05, 3.63) is 32.6 Å². The van der Waals surface area contributed by atoms with Crippen LogP contribution < -0.4 is 21.0 Å². The molecule has 1 aliphatic heterocycles. The van der Waals surface area contributed by atoms with Gasteiger partial charge in [-0.25, -0.2) is 4.79 Å². The van der Waals surface area contributed by atoms with Crippen LogP contribution >= 0.6 is 19.4 Å². The van der Waals surface area contributed by atoms with Crippen LogP contribution in [0.3, 0.4) is 0 Å². The van der Waals surface area contributed by atoms with E-state index in [2.05, 4.69) is 4.52 Å². The van der Waals surface area contributed by atoms with Crippen molar-refractivity contribution >= 4 is 19.4 Å². The van der Waals surface area contributed by atoms with Crippen molar-refractivity contribution in [3.63, 3.8) is 0 Å². The lowest BCUT2D eigenvalue weighted by Crippen LogP contribution is -2.36. The first-order chi connectivity index (χ1) is 10.1. The summed E-state index contributed by atoms with van der Waals surface area (Å²) in [4.78, 5) is 46.0. The van der Waals surface area contributed by atoms with Crippen molar-refractivity contribution in [2.75, 3.05) is 6.61 Å². The predicted molar refractivity (Wildman–Crippen MR) is 69.2 cm³/mol. The number of aliphatic hydroxyl groups excluding tert-OH is 1. The monoisotopic (exact) mass is 354 g/mol. The summed E-state index contributed by atoms with van der Waals surface area (Å²) in [6.45, 7) is 0.720. The maximum Gasteiger partial charge on any atom is 0.330 e. The minimum atomic E-state index is -5.23. The topological polar surface area (TPSA) is 157 Å².